The molecule has 2 aliphatic heterocycles. The van der Waals surface area contributed by atoms with Crippen molar-refractivity contribution >= 4 is 23.5 Å². The third-order valence-electron chi connectivity index (χ3n) is 6.70. The van der Waals surface area contributed by atoms with Crippen LogP contribution in [0.15, 0.2) is 24.3 Å². The lowest BCUT2D eigenvalue weighted by atomic mass is 9.90. The fourth-order valence-corrected chi connectivity index (χ4v) is 4.86. The molecule has 2 saturated heterocycles. The van der Waals surface area contributed by atoms with Crippen molar-refractivity contribution in [2.75, 3.05) is 24.5 Å². The van der Waals surface area contributed by atoms with Crippen molar-refractivity contribution in [3.63, 3.8) is 0 Å². The van der Waals surface area contributed by atoms with Crippen molar-refractivity contribution in [2.45, 2.75) is 39.0 Å². The number of para-hydroxylation sites is 1. The molecule has 1 spiro atoms. The number of likely N-dealkylation sites (tertiary alicyclic amines) is 1. The maximum absolute atomic E-state index is 13.0. The van der Waals surface area contributed by atoms with E-state index < -0.39 is 5.97 Å². The van der Waals surface area contributed by atoms with Crippen molar-refractivity contribution in [3.05, 3.63) is 29.8 Å². The first kappa shape index (κ1) is 18.0. The Labute approximate surface area is 159 Å². The summed E-state index contributed by atoms with van der Waals surface area (Å²) >= 11 is 0. The molecule has 3 aliphatic rings. The van der Waals surface area contributed by atoms with Gasteiger partial charge in [-0.05, 0) is 42.7 Å². The minimum Gasteiger partial charge on any atom is -0.481 e. The molecule has 144 valence electrons. The quantitative estimate of drug-likeness (QED) is 0.882. The monoisotopic (exact) mass is 370 g/mol. The number of hydrogen-bond acceptors (Lipinski definition) is 3. The van der Waals surface area contributed by atoms with E-state index in [2.05, 4.69) is 6.92 Å². The van der Waals surface area contributed by atoms with Crippen LogP contribution in [0.4, 0.5) is 5.69 Å². The molecule has 1 aromatic rings. The van der Waals surface area contributed by atoms with Crippen LogP contribution in [0, 0.1) is 17.3 Å². The maximum atomic E-state index is 13.0. The van der Waals surface area contributed by atoms with Gasteiger partial charge in [0.1, 0.15) is 0 Å². The molecule has 0 radical (unpaired) electrons. The van der Waals surface area contributed by atoms with Gasteiger partial charge in [0, 0.05) is 31.7 Å². The van der Waals surface area contributed by atoms with E-state index in [0.29, 0.717) is 19.6 Å². The summed E-state index contributed by atoms with van der Waals surface area (Å²) in [6.45, 7) is 3.72. The molecule has 2 unspecified atom stereocenters. The van der Waals surface area contributed by atoms with Crippen LogP contribution in [0.1, 0.15) is 38.2 Å². The highest BCUT2D eigenvalue weighted by atomic mass is 16.4. The molecule has 6 heteroatoms. The lowest BCUT2D eigenvalue weighted by Gasteiger charge is -2.34. The number of nitrogens with zero attached hydrogens (tertiary/aromatic N) is 2. The molecule has 4 rings (SSSR count). The average molecular weight is 370 g/mol. The molecular formula is C21H26N2O4. The van der Waals surface area contributed by atoms with Crippen LogP contribution >= 0.6 is 0 Å². The van der Waals surface area contributed by atoms with Gasteiger partial charge in [-0.15, -0.1) is 0 Å². The first-order valence-electron chi connectivity index (χ1n) is 9.85. The Kier molecular flexibility index (Phi) is 4.44. The van der Waals surface area contributed by atoms with Crippen LogP contribution in [0.2, 0.25) is 0 Å². The highest BCUT2D eigenvalue weighted by molar-refractivity contribution is 6.00. The molecule has 0 bridgehead atoms. The number of anilines is 1. The normalized spacial score (nSPS) is 26.5. The fraction of sp³-hybridized carbons (Fsp3) is 0.571. The molecule has 6 nitrogen and oxygen atoms in total. The molecule has 2 amide bonds. The molecular weight excluding hydrogens is 344 g/mol. The van der Waals surface area contributed by atoms with E-state index in [1.165, 1.54) is 0 Å². The van der Waals surface area contributed by atoms with Gasteiger partial charge in [0.05, 0.1) is 11.8 Å². The number of carbonyl (C=O) groups excluding carboxylic acids is 2. The number of aryl methyl sites for hydroxylation is 1. The first-order chi connectivity index (χ1) is 12.9. The van der Waals surface area contributed by atoms with Crippen LogP contribution in [-0.4, -0.2) is 47.4 Å². The number of carbonyl (C=O) groups is 3. The molecule has 2 atom stereocenters. The molecule has 3 fully saturated rings. The van der Waals surface area contributed by atoms with Crippen molar-refractivity contribution in [2.24, 2.45) is 17.3 Å². The Bertz CT molecular complexity index is 782. The van der Waals surface area contributed by atoms with Crippen molar-refractivity contribution in [1.82, 2.24) is 4.90 Å². The van der Waals surface area contributed by atoms with E-state index in [9.17, 15) is 19.5 Å². The van der Waals surface area contributed by atoms with Crippen LogP contribution in [0.25, 0.3) is 0 Å². The number of piperidine rings is 1. The number of amides is 2. The van der Waals surface area contributed by atoms with Crippen molar-refractivity contribution in [1.29, 1.82) is 0 Å². The summed E-state index contributed by atoms with van der Waals surface area (Å²) in [6, 6.07) is 7.87. The number of carboxylic acids is 1. The number of benzene rings is 1. The lowest BCUT2D eigenvalue weighted by molar-refractivity contribution is -0.140. The zero-order chi connectivity index (χ0) is 19.2. The molecule has 1 aliphatic carbocycles. The Hall–Kier alpha value is -2.37. The summed E-state index contributed by atoms with van der Waals surface area (Å²) in [6.07, 6.45) is 3.37. The van der Waals surface area contributed by atoms with Gasteiger partial charge < -0.3 is 14.9 Å². The maximum Gasteiger partial charge on any atom is 0.307 e. The van der Waals surface area contributed by atoms with Crippen LogP contribution in [-0.2, 0) is 20.8 Å². The minimum absolute atomic E-state index is 0.0101. The lowest BCUT2D eigenvalue weighted by Crippen LogP contribution is -2.43. The highest BCUT2D eigenvalue weighted by Gasteiger charge is 2.59. The van der Waals surface area contributed by atoms with Gasteiger partial charge in [0.2, 0.25) is 11.8 Å². The van der Waals surface area contributed by atoms with Crippen LogP contribution < -0.4 is 4.90 Å². The van der Waals surface area contributed by atoms with Crippen molar-refractivity contribution in [3.8, 4) is 0 Å². The second kappa shape index (κ2) is 6.66. The fourth-order valence-electron chi connectivity index (χ4n) is 4.86. The summed E-state index contributed by atoms with van der Waals surface area (Å²) in [5.41, 5.74) is 1.95. The van der Waals surface area contributed by atoms with E-state index in [0.717, 1.165) is 36.9 Å². The van der Waals surface area contributed by atoms with E-state index in [-0.39, 0.29) is 35.5 Å². The van der Waals surface area contributed by atoms with Gasteiger partial charge in [-0.2, -0.15) is 0 Å². The summed E-state index contributed by atoms with van der Waals surface area (Å²) in [5, 5.41) is 9.20. The van der Waals surface area contributed by atoms with E-state index in [1.54, 1.807) is 4.90 Å². The minimum atomic E-state index is -0.707. The largest absolute Gasteiger partial charge is 0.481 e. The Balaban J connectivity index is 1.40. The Morgan fingerprint density at radius 1 is 1.22 bits per heavy atom. The predicted octanol–water partition coefficient (Wildman–Crippen LogP) is 2.32. The second-order valence-corrected chi connectivity index (χ2v) is 8.17. The molecule has 1 N–H and O–H groups in total. The van der Waals surface area contributed by atoms with Crippen LogP contribution in [0.5, 0.6) is 0 Å². The molecule has 0 aromatic heterocycles. The molecule has 1 aromatic carbocycles. The van der Waals surface area contributed by atoms with Gasteiger partial charge in [0.25, 0.3) is 0 Å². The van der Waals surface area contributed by atoms with Crippen molar-refractivity contribution < 1.29 is 19.5 Å². The molecule has 1 saturated carbocycles. The predicted molar refractivity (Wildman–Crippen MR) is 100 cm³/mol. The summed E-state index contributed by atoms with van der Waals surface area (Å²) < 4.78 is 0. The topological polar surface area (TPSA) is 77.9 Å². The number of carboxylic acid groups (broad SMARTS) is 1. The Morgan fingerprint density at radius 3 is 2.56 bits per heavy atom. The van der Waals surface area contributed by atoms with E-state index in [1.807, 2.05) is 29.2 Å². The third-order valence-corrected chi connectivity index (χ3v) is 6.70. The molecule has 27 heavy (non-hydrogen) atoms. The van der Waals surface area contributed by atoms with Gasteiger partial charge in [-0.3, -0.25) is 14.4 Å². The zero-order valence-electron chi connectivity index (χ0n) is 15.7. The highest BCUT2D eigenvalue weighted by Crippen LogP contribution is 2.59. The number of rotatable bonds is 4. The van der Waals surface area contributed by atoms with Gasteiger partial charge >= 0.3 is 5.97 Å². The van der Waals surface area contributed by atoms with Crippen LogP contribution in [0.3, 0.4) is 0 Å². The third kappa shape index (κ3) is 3.11. The standard InChI is InChI=1S/C21H26N2O4/c1-2-14-5-3-4-6-17(14)23-13-15(11-18(23)24)19(25)22-9-7-21(8-10-22)12-16(21)20(26)27/h3-6,15-16H,2,7-13H2,1H3,(H,26,27). The van der Waals surface area contributed by atoms with E-state index >= 15 is 0 Å². The van der Waals surface area contributed by atoms with Gasteiger partial charge in [0.15, 0.2) is 0 Å². The Morgan fingerprint density at radius 2 is 1.93 bits per heavy atom. The van der Waals surface area contributed by atoms with Gasteiger partial charge in [-0.1, -0.05) is 25.1 Å². The van der Waals surface area contributed by atoms with E-state index in [4.69, 9.17) is 0 Å². The second-order valence-electron chi connectivity index (χ2n) is 8.17. The average Bonchev–Trinajstić information content (AvgIpc) is 3.24. The first-order valence-corrected chi connectivity index (χ1v) is 9.85. The zero-order valence-corrected chi connectivity index (χ0v) is 15.7. The number of aliphatic carboxylic acids is 1. The smallest absolute Gasteiger partial charge is 0.307 e. The summed E-state index contributed by atoms with van der Waals surface area (Å²) in [7, 11) is 0. The SMILES string of the molecule is CCc1ccccc1N1CC(C(=O)N2CCC3(CC2)CC3C(=O)O)CC1=O. The van der Waals surface area contributed by atoms with Gasteiger partial charge in [-0.25, -0.2) is 0 Å². The summed E-state index contributed by atoms with van der Waals surface area (Å²) in [4.78, 5) is 40.3. The number of hydrogen-bond donors (Lipinski definition) is 1. The summed E-state index contributed by atoms with van der Waals surface area (Å²) in [5.74, 6) is -1.19. The molecule has 2 heterocycles.